The molecule has 0 aliphatic heterocycles. The van der Waals surface area contributed by atoms with Crippen molar-refractivity contribution >= 4 is 17.7 Å². The standard InChI is InChI=1S/C14H21N3O4/c1-2-21-12-8-7-11(10-16-12)17-14(20)15-9-5-3-4-6-13(18)19/h7-8,10H,2-6,9H2,1H3,(H,18,19)(H2,15,17,20). The molecule has 0 radical (unpaired) electrons. The molecule has 3 N–H and O–H groups in total. The van der Waals surface area contributed by atoms with E-state index in [4.69, 9.17) is 9.84 Å². The molecule has 2 amide bonds. The molecule has 1 heterocycles. The van der Waals surface area contributed by atoms with Gasteiger partial charge in [0.15, 0.2) is 0 Å². The number of nitrogens with zero attached hydrogens (tertiary/aromatic N) is 1. The summed E-state index contributed by atoms with van der Waals surface area (Å²) in [5, 5.41) is 13.8. The van der Waals surface area contributed by atoms with Gasteiger partial charge >= 0.3 is 12.0 Å². The number of aliphatic carboxylic acids is 1. The summed E-state index contributed by atoms with van der Waals surface area (Å²) in [5.41, 5.74) is 0.585. The zero-order chi connectivity index (χ0) is 15.5. The summed E-state index contributed by atoms with van der Waals surface area (Å²) in [6, 6.07) is 3.09. The largest absolute Gasteiger partial charge is 0.481 e. The molecule has 0 unspecified atom stereocenters. The van der Waals surface area contributed by atoms with Crippen molar-refractivity contribution in [2.45, 2.75) is 32.6 Å². The third-order valence-corrected chi connectivity index (χ3v) is 2.64. The van der Waals surface area contributed by atoms with Crippen LogP contribution >= 0.6 is 0 Å². The Morgan fingerprint density at radius 2 is 2.10 bits per heavy atom. The fraction of sp³-hybridized carbons (Fsp3) is 0.500. The van der Waals surface area contributed by atoms with Gasteiger partial charge in [0.05, 0.1) is 18.5 Å². The fourth-order valence-corrected chi connectivity index (χ4v) is 1.64. The zero-order valence-electron chi connectivity index (χ0n) is 12.1. The van der Waals surface area contributed by atoms with Crippen LogP contribution in [0.3, 0.4) is 0 Å². The van der Waals surface area contributed by atoms with Crippen LogP contribution in [-0.4, -0.2) is 35.2 Å². The first-order valence-electron chi connectivity index (χ1n) is 6.97. The number of hydrogen-bond acceptors (Lipinski definition) is 4. The van der Waals surface area contributed by atoms with E-state index >= 15 is 0 Å². The van der Waals surface area contributed by atoms with E-state index in [1.165, 1.54) is 6.20 Å². The van der Waals surface area contributed by atoms with Gasteiger partial charge in [0.2, 0.25) is 5.88 Å². The molecule has 0 atom stereocenters. The van der Waals surface area contributed by atoms with Crippen molar-refractivity contribution in [2.75, 3.05) is 18.5 Å². The van der Waals surface area contributed by atoms with Gasteiger partial charge in [-0.1, -0.05) is 6.42 Å². The smallest absolute Gasteiger partial charge is 0.319 e. The number of anilines is 1. The molecule has 0 aromatic carbocycles. The number of hydrogen-bond donors (Lipinski definition) is 3. The minimum absolute atomic E-state index is 0.171. The Morgan fingerprint density at radius 3 is 2.71 bits per heavy atom. The highest BCUT2D eigenvalue weighted by atomic mass is 16.5. The lowest BCUT2D eigenvalue weighted by Gasteiger charge is -2.08. The van der Waals surface area contributed by atoms with Crippen LogP contribution in [0.2, 0.25) is 0 Å². The van der Waals surface area contributed by atoms with E-state index in [2.05, 4.69) is 15.6 Å². The molecule has 0 aliphatic carbocycles. The van der Waals surface area contributed by atoms with Crippen LogP contribution in [0, 0.1) is 0 Å². The number of unbranched alkanes of at least 4 members (excludes halogenated alkanes) is 2. The van der Waals surface area contributed by atoms with Crippen molar-refractivity contribution in [1.29, 1.82) is 0 Å². The first kappa shape index (κ1) is 16.7. The number of carbonyl (C=O) groups is 2. The SMILES string of the molecule is CCOc1ccc(NC(=O)NCCCCCC(=O)O)cn1. The Bertz CT molecular complexity index is 448. The lowest BCUT2D eigenvalue weighted by atomic mass is 10.2. The molecule has 0 aliphatic rings. The summed E-state index contributed by atoms with van der Waals surface area (Å²) in [7, 11) is 0. The molecule has 0 bridgehead atoms. The molecule has 0 saturated carbocycles. The van der Waals surface area contributed by atoms with E-state index in [-0.39, 0.29) is 12.5 Å². The Balaban J connectivity index is 2.16. The first-order valence-corrected chi connectivity index (χ1v) is 6.97. The normalized spacial score (nSPS) is 9.95. The van der Waals surface area contributed by atoms with Gasteiger partial charge in [-0.3, -0.25) is 4.79 Å². The summed E-state index contributed by atoms with van der Waals surface area (Å²) in [6.07, 6.45) is 3.85. The monoisotopic (exact) mass is 295 g/mol. The van der Waals surface area contributed by atoms with Crippen molar-refractivity contribution in [3.8, 4) is 5.88 Å². The van der Waals surface area contributed by atoms with E-state index in [1.54, 1.807) is 12.1 Å². The highest BCUT2D eigenvalue weighted by molar-refractivity contribution is 5.88. The number of pyridine rings is 1. The number of carboxylic acid groups (broad SMARTS) is 1. The van der Waals surface area contributed by atoms with Crippen LogP contribution in [0.4, 0.5) is 10.5 Å². The number of ether oxygens (including phenoxy) is 1. The molecule has 1 aromatic rings. The lowest BCUT2D eigenvalue weighted by molar-refractivity contribution is -0.137. The second-order valence-electron chi connectivity index (χ2n) is 4.40. The molecular formula is C14H21N3O4. The number of carboxylic acids is 1. The fourth-order valence-electron chi connectivity index (χ4n) is 1.64. The van der Waals surface area contributed by atoms with E-state index in [0.29, 0.717) is 31.1 Å². The Morgan fingerprint density at radius 1 is 1.29 bits per heavy atom. The average molecular weight is 295 g/mol. The minimum Gasteiger partial charge on any atom is -0.481 e. The highest BCUT2D eigenvalue weighted by Crippen LogP contribution is 2.11. The molecular weight excluding hydrogens is 274 g/mol. The van der Waals surface area contributed by atoms with Crippen LogP contribution in [0.1, 0.15) is 32.6 Å². The Hall–Kier alpha value is -2.31. The quantitative estimate of drug-likeness (QED) is 0.607. The number of carbonyl (C=O) groups excluding carboxylic acids is 1. The van der Waals surface area contributed by atoms with Crippen LogP contribution in [0.15, 0.2) is 18.3 Å². The van der Waals surface area contributed by atoms with E-state index in [1.807, 2.05) is 6.92 Å². The van der Waals surface area contributed by atoms with E-state index in [9.17, 15) is 9.59 Å². The molecule has 0 fully saturated rings. The van der Waals surface area contributed by atoms with Gasteiger partial charge in [-0.15, -0.1) is 0 Å². The third-order valence-electron chi connectivity index (χ3n) is 2.64. The van der Waals surface area contributed by atoms with Crippen molar-refractivity contribution in [2.24, 2.45) is 0 Å². The van der Waals surface area contributed by atoms with Crippen molar-refractivity contribution in [3.05, 3.63) is 18.3 Å². The minimum atomic E-state index is -0.788. The maximum atomic E-state index is 11.6. The van der Waals surface area contributed by atoms with Crippen LogP contribution in [0.25, 0.3) is 0 Å². The molecule has 7 nitrogen and oxygen atoms in total. The van der Waals surface area contributed by atoms with Gasteiger partial charge in [0.25, 0.3) is 0 Å². The van der Waals surface area contributed by atoms with Crippen molar-refractivity contribution < 1.29 is 19.4 Å². The number of nitrogens with one attached hydrogen (secondary N) is 2. The van der Waals surface area contributed by atoms with Crippen LogP contribution < -0.4 is 15.4 Å². The van der Waals surface area contributed by atoms with Gasteiger partial charge in [0, 0.05) is 19.0 Å². The third kappa shape index (κ3) is 7.76. The van der Waals surface area contributed by atoms with Crippen LogP contribution in [-0.2, 0) is 4.79 Å². The number of aromatic nitrogens is 1. The number of amides is 2. The molecule has 7 heteroatoms. The molecule has 1 aromatic heterocycles. The highest BCUT2D eigenvalue weighted by Gasteiger charge is 2.02. The number of urea groups is 1. The molecule has 21 heavy (non-hydrogen) atoms. The summed E-state index contributed by atoms with van der Waals surface area (Å²) >= 11 is 0. The van der Waals surface area contributed by atoms with Gasteiger partial charge in [-0.25, -0.2) is 9.78 Å². The summed E-state index contributed by atoms with van der Waals surface area (Å²) in [5.74, 6) is -0.273. The molecule has 116 valence electrons. The predicted octanol–water partition coefficient (Wildman–Crippen LogP) is 2.25. The van der Waals surface area contributed by atoms with Gasteiger partial charge in [0.1, 0.15) is 0 Å². The van der Waals surface area contributed by atoms with Crippen molar-refractivity contribution in [3.63, 3.8) is 0 Å². The zero-order valence-corrected chi connectivity index (χ0v) is 12.1. The van der Waals surface area contributed by atoms with Gasteiger partial charge in [-0.2, -0.15) is 0 Å². The lowest BCUT2D eigenvalue weighted by Crippen LogP contribution is -2.29. The topological polar surface area (TPSA) is 101 Å². The van der Waals surface area contributed by atoms with Gasteiger partial charge in [-0.05, 0) is 25.8 Å². The predicted molar refractivity (Wildman–Crippen MR) is 78.5 cm³/mol. The van der Waals surface area contributed by atoms with Crippen LogP contribution in [0.5, 0.6) is 5.88 Å². The summed E-state index contributed by atoms with van der Waals surface area (Å²) in [4.78, 5) is 25.9. The molecule has 0 saturated heterocycles. The maximum absolute atomic E-state index is 11.6. The second-order valence-corrected chi connectivity index (χ2v) is 4.40. The average Bonchev–Trinajstić information content (AvgIpc) is 2.45. The summed E-state index contributed by atoms with van der Waals surface area (Å²) < 4.78 is 5.20. The van der Waals surface area contributed by atoms with Gasteiger partial charge < -0.3 is 20.5 Å². The Labute approximate surface area is 123 Å². The summed E-state index contributed by atoms with van der Waals surface area (Å²) in [6.45, 7) is 2.93. The van der Waals surface area contributed by atoms with Crippen molar-refractivity contribution in [1.82, 2.24) is 10.3 Å². The molecule has 1 rings (SSSR count). The maximum Gasteiger partial charge on any atom is 0.319 e. The Kier molecular flexibility index (Phi) is 7.63. The second kappa shape index (κ2) is 9.57. The first-order chi connectivity index (χ1) is 10.1. The molecule has 0 spiro atoms. The van der Waals surface area contributed by atoms with E-state index < -0.39 is 5.97 Å². The number of rotatable bonds is 9. The van der Waals surface area contributed by atoms with E-state index in [0.717, 1.165) is 12.8 Å².